The van der Waals surface area contributed by atoms with Crippen molar-refractivity contribution in [3.8, 4) is 16.9 Å². The van der Waals surface area contributed by atoms with E-state index in [9.17, 15) is 9.59 Å². The number of ketones is 1. The lowest BCUT2D eigenvalue weighted by molar-refractivity contribution is 0.0450. The van der Waals surface area contributed by atoms with Crippen LogP contribution in [0.25, 0.3) is 11.1 Å². The van der Waals surface area contributed by atoms with Gasteiger partial charge in [-0.25, -0.2) is 4.79 Å². The first kappa shape index (κ1) is 21.1. The van der Waals surface area contributed by atoms with Crippen molar-refractivity contribution >= 4 is 11.8 Å². The Balaban J connectivity index is 1.33. The summed E-state index contributed by atoms with van der Waals surface area (Å²) in [6, 6.07) is 33.2. The molecule has 4 aromatic rings. The minimum absolute atomic E-state index is 0.00788. The number of ether oxygens (including phenoxy) is 2. The molecule has 0 saturated carbocycles. The molecular formula is C28H22O4. The number of benzene rings is 4. The summed E-state index contributed by atoms with van der Waals surface area (Å²) in [6.07, 6.45) is 0. The molecule has 4 heteroatoms. The van der Waals surface area contributed by atoms with Crippen molar-refractivity contribution in [3.63, 3.8) is 0 Å². The molecule has 0 heterocycles. The van der Waals surface area contributed by atoms with Gasteiger partial charge in [-0.3, -0.25) is 4.79 Å². The highest BCUT2D eigenvalue weighted by molar-refractivity contribution is 6.09. The molecule has 0 bridgehead atoms. The van der Waals surface area contributed by atoms with Gasteiger partial charge in [0.15, 0.2) is 5.78 Å². The number of para-hydroxylation sites is 1. The van der Waals surface area contributed by atoms with Crippen molar-refractivity contribution in [2.75, 3.05) is 13.2 Å². The number of hydrogen-bond acceptors (Lipinski definition) is 4. The van der Waals surface area contributed by atoms with E-state index in [2.05, 4.69) is 0 Å². The Labute approximate surface area is 187 Å². The summed E-state index contributed by atoms with van der Waals surface area (Å²) in [4.78, 5) is 24.8. The van der Waals surface area contributed by atoms with Crippen molar-refractivity contribution in [1.29, 1.82) is 0 Å². The molecule has 4 rings (SSSR count). The molecule has 0 aromatic heterocycles. The van der Waals surface area contributed by atoms with Crippen LogP contribution < -0.4 is 4.74 Å². The normalized spacial score (nSPS) is 10.4. The van der Waals surface area contributed by atoms with E-state index in [-0.39, 0.29) is 12.4 Å². The van der Waals surface area contributed by atoms with Gasteiger partial charge in [0, 0.05) is 11.1 Å². The minimum atomic E-state index is -0.392. The first-order chi connectivity index (χ1) is 15.7. The van der Waals surface area contributed by atoms with Gasteiger partial charge >= 0.3 is 5.97 Å². The maximum atomic E-state index is 12.5. The van der Waals surface area contributed by atoms with Crippen LogP contribution in [0.4, 0.5) is 0 Å². The van der Waals surface area contributed by atoms with E-state index >= 15 is 0 Å². The predicted octanol–water partition coefficient (Wildman–Crippen LogP) is 5.82. The van der Waals surface area contributed by atoms with Crippen molar-refractivity contribution in [3.05, 3.63) is 126 Å². The second-order valence-corrected chi connectivity index (χ2v) is 7.15. The van der Waals surface area contributed by atoms with Gasteiger partial charge < -0.3 is 9.47 Å². The fourth-order valence-electron chi connectivity index (χ4n) is 3.26. The largest absolute Gasteiger partial charge is 0.490 e. The third kappa shape index (κ3) is 5.29. The van der Waals surface area contributed by atoms with Gasteiger partial charge in [-0.1, -0.05) is 84.9 Å². The van der Waals surface area contributed by atoms with Gasteiger partial charge in [0.2, 0.25) is 0 Å². The molecule has 0 fully saturated rings. The molecule has 0 aliphatic carbocycles. The summed E-state index contributed by atoms with van der Waals surface area (Å²) < 4.78 is 10.8. The van der Waals surface area contributed by atoms with Crippen LogP contribution in [0, 0.1) is 0 Å². The van der Waals surface area contributed by atoms with Gasteiger partial charge in [-0.05, 0) is 35.4 Å². The summed E-state index contributed by atoms with van der Waals surface area (Å²) >= 11 is 0. The maximum absolute atomic E-state index is 12.5. The van der Waals surface area contributed by atoms with Crippen molar-refractivity contribution in [1.82, 2.24) is 0 Å². The average Bonchev–Trinajstić information content (AvgIpc) is 2.87. The zero-order valence-corrected chi connectivity index (χ0v) is 17.4. The average molecular weight is 422 g/mol. The fraction of sp³-hybridized carbons (Fsp3) is 0.0714. The topological polar surface area (TPSA) is 52.6 Å². The van der Waals surface area contributed by atoms with E-state index in [4.69, 9.17) is 9.47 Å². The number of carbonyl (C=O) groups is 2. The lowest BCUT2D eigenvalue weighted by Gasteiger charge is -2.08. The molecule has 32 heavy (non-hydrogen) atoms. The first-order valence-electron chi connectivity index (χ1n) is 10.4. The van der Waals surface area contributed by atoms with Gasteiger partial charge in [-0.15, -0.1) is 0 Å². The highest BCUT2D eigenvalue weighted by atomic mass is 16.6. The van der Waals surface area contributed by atoms with Crippen LogP contribution in [-0.4, -0.2) is 25.0 Å². The van der Waals surface area contributed by atoms with Crippen molar-refractivity contribution in [2.24, 2.45) is 0 Å². The number of hydrogen-bond donors (Lipinski definition) is 0. The van der Waals surface area contributed by atoms with Crippen LogP contribution in [0.5, 0.6) is 5.75 Å². The van der Waals surface area contributed by atoms with Gasteiger partial charge in [0.25, 0.3) is 0 Å². The summed E-state index contributed by atoms with van der Waals surface area (Å²) in [7, 11) is 0. The third-order valence-electron chi connectivity index (χ3n) is 4.97. The molecule has 0 aliphatic heterocycles. The molecule has 0 aliphatic rings. The smallest absolute Gasteiger partial charge is 0.338 e. The Morgan fingerprint density at radius 3 is 1.62 bits per heavy atom. The van der Waals surface area contributed by atoms with E-state index in [0.717, 1.165) is 16.9 Å². The zero-order valence-electron chi connectivity index (χ0n) is 17.4. The van der Waals surface area contributed by atoms with Crippen molar-refractivity contribution < 1.29 is 19.1 Å². The molecule has 0 unspecified atom stereocenters. The van der Waals surface area contributed by atoms with E-state index in [1.165, 1.54) is 0 Å². The zero-order chi connectivity index (χ0) is 22.2. The van der Waals surface area contributed by atoms with Gasteiger partial charge in [0.1, 0.15) is 19.0 Å². The second kappa shape index (κ2) is 10.2. The molecule has 0 spiro atoms. The molecular weight excluding hydrogens is 400 g/mol. The summed E-state index contributed by atoms with van der Waals surface area (Å²) in [5, 5.41) is 0. The summed E-state index contributed by atoms with van der Waals surface area (Å²) in [5.41, 5.74) is 3.69. The Morgan fingerprint density at radius 2 is 1.03 bits per heavy atom. The van der Waals surface area contributed by atoms with Crippen LogP contribution in [-0.2, 0) is 4.74 Å². The quantitative estimate of drug-likeness (QED) is 0.204. The fourth-order valence-corrected chi connectivity index (χ4v) is 3.26. The van der Waals surface area contributed by atoms with E-state index in [1.807, 2.05) is 97.1 Å². The SMILES string of the molecule is O=C(OCCOc1ccccc1)c1ccc(-c2ccc(C(=O)c3ccccc3)cc2)cc1. The molecule has 0 atom stereocenters. The summed E-state index contributed by atoms with van der Waals surface area (Å²) in [5.74, 6) is 0.341. The lowest BCUT2D eigenvalue weighted by atomic mass is 9.99. The molecule has 0 saturated heterocycles. The second-order valence-electron chi connectivity index (χ2n) is 7.15. The van der Waals surface area contributed by atoms with Crippen LogP contribution in [0.2, 0.25) is 0 Å². The van der Waals surface area contributed by atoms with Crippen molar-refractivity contribution in [2.45, 2.75) is 0 Å². The molecule has 0 N–H and O–H groups in total. The monoisotopic (exact) mass is 422 g/mol. The van der Waals surface area contributed by atoms with Crippen LogP contribution in [0.1, 0.15) is 26.3 Å². The van der Waals surface area contributed by atoms with Crippen LogP contribution in [0.15, 0.2) is 109 Å². The van der Waals surface area contributed by atoms with Crippen LogP contribution in [0.3, 0.4) is 0 Å². The highest BCUT2D eigenvalue weighted by Crippen LogP contribution is 2.22. The van der Waals surface area contributed by atoms with E-state index in [0.29, 0.717) is 23.3 Å². The number of carbonyl (C=O) groups excluding carboxylic acids is 2. The van der Waals surface area contributed by atoms with E-state index < -0.39 is 5.97 Å². The third-order valence-corrected chi connectivity index (χ3v) is 4.97. The Bertz CT molecular complexity index is 1170. The highest BCUT2D eigenvalue weighted by Gasteiger charge is 2.10. The number of esters is 1. The van der Waals surface area contributed by atoms with Crippen LogP contribution >= 0.6 is 0 Å². The predicted molar refractivity (Wildman–Crippen MR) is 124 cm³/mol. The maximum Gasteiger partial charge on any atom is 0.338 e. The molecule has 4 nitrogen and oxygen atoms in total. The Kier molecular flexibility index (Phi) is 6.73. The van der Waals surface area contributed by atoms with E-state index in [1.54, 1.807) is 12.1 Å². The standard InChI is InChI=1S/C28H22O4/c29-27(23-7-3-1-4-8-23)24-15-11-21(12-16-24)22-13-17-25(18-14-22)28(30)32-20-19-31-26-9-5-2-6-10-26/h1-18H,19-20H2. The molecule has 0 amide bonds. The molecule has 4 aromatic carbocycles. The minimum Gasteiger partial charge on any atom is -0.490 e. The molecule has 0 radical (unpaired) electrons. The summed E-state index contributed by atoms with van der Waals surface area (Å²) in [6.45, 7) is 0.467. The first-order valence-corrected chi connectivity index (χ1v) is 10.4. The lowest BCUT2D eigenvalue weighted by Crippen LogP contribution is -2.12. The number of rotatable bonds is 8. The van der Waals surface area contributed by atoms with Gasteiger partial charge in [0.05, 0.1) is 5.56 Å². The Hall–Kier alpha value is -4.18. The Morgan fingerprint density at radius 1 is 0.531 bits per heavy atom. The molecule has 158 valence electrons. The van der Waals surface area contributed by atoms with Gasteiger partial charge in [-0.2, -0.15) is 0 Å².